The fourth-order valence-corrected chi connectivity index (χ4v) is 1.63. The molecule has 0 aliphatic heterocycles. The molecule has 0 spiro atoms. The van der Waals surface area contributed by atoms with E-state index in [1.165, 1.54) is 0 Å². The first-order valence-corrected chi connectivity index (χ1v) is 4.47. The zero-order valence-electron chi connectivity index (χ0n) is 6.84. The fourth-order valence-electron chi connectivity index (χ4n) is 0.991. The van der Waals surface area contributed by atoms with Crippen LogP contribution in [0.1, 0.15) is 24.0 Å². The van der Waals surface area contributed by atoms with Gasteiger partial charge in [0.2, 0.25) is 0 Å². The van der Waals surface area contributed by atoms with Gasteiger partial charge in [0.1, 0.15) is 0 Å². The van der Waals surface area contributed by atoms with Crippen molar-refractivity contribution in [3.8, 4) is 6.07 Å². The molecule has 1 aromatic carbocycles. The number of hydrogen-bond acceptors (Lipinski definition) is 1. The van der Waals surface area contributed by atoms with Gasteiger partial charge in [-0.25, -0.2) is 0 Å². The number of nitrogens with zero attached hydrogens (tertiary/aromatic N) is 1. The Hall–Kier alpha value is -0.810. The standard InChI is InChI=1S/C10H9BrN/c1-7(2)9-5-8(6-12)3-4-10(9)11/h3-5,7H,1H2,2H3. The van der Waals surface area contributed by atoms with Crippen LogP contribution in [0.25, 0.3) is 0 Å². The molecule has 0 aromatic heterocycles. The van der Waals surface area contributed by atoms with Gasteiger partial charge in [-0.05, 0) is 36.6 Å². The molecule has 0 heterocycles. The zero-order valence-corrected chi connectivity index (χ0v) is 8.43. The maximum atomic E-state index is 8.65. The van der Waals surface area contributed by atoms with Gasteiger partial charge in [-0.3, -0.25) is 0 Å². The summed E-state index contributed by atoms with van der Waals surface area (Å²) in [6, 6.07) is 7.64. The predicted octanol–water partition coefficient (Wildman–Crippen LogP) is 3.26. The second-order valence-electron chi connectivity index (χ2n) is 2.75. The van der Waals surface area contributed by atoms with E-state index >= 15 is 0 Å². The van der Waals surface area contributed by atoms with Gasteiger partial charge in [0.25, 0.3) is 0 Å². The Balaban J connectivity index is 3.19. The maximum Gasteiger partial charge on any atom is 0.0991 e. The summed E-state index contributed by atoms with van der Waals surface area (Å²) >= 11 is 3.41. The molecule has 1 rings (SSSR count). The Kier molecular flexibility index (Phi) is 2.88. The largest absolute Gasteiger partial charge is 0.192 e. The fraction of sp³-hybridized carbons (Fsp3) is 0.200. The highest BCUT2D eigenvalue weighted by Gasteiger charge is 2.04. The van der Waals surface area contributed by atoms with Crippen molar-refractivity contribution in [3.05, 3.63) is 40.7 Å². The van der Waals surface area contributed by atoms with E-state index in [2.05, 4.69) is 28.9 Å². The third-order valence-electron chi connectivity index (χ3n) is 1.66. The molecule has 0 fully saturated rings. The van der Waals surface area contributed by atoms with Crippen LogP contribution in [-0.4, -0.2) is 0 Å². The molecule has 12 heavy (non-hydrogen) atoms. The van der Waals surface area contributed by atoms with Crippen molar-refractivity contribution >= 4 is 15.9 Å². The van der Waals surface area contributed by atoms with Crippen LogP contribution in [0.5, 0.6) is 0 Å². The van der Waals surface area contributed by atoms with Crippen LogP contribution in [0.3, 0.4) is 0 Å². The average Bonchev–Trinajstić information content (AvgIpc) is 2.05. The van der Waals surface area contributed by atoms with Crippen molar-refractivity contribution < 1.29 is 0 Å². The molecule has 1 aromatic rings. The highest BCUT2D eigenvalue weighted by Crippen LogP contribution is 2.24. The molecule has 1 atom stereocenters. The Morgan fingerprint density at radius 2 is 2.25 bits per heavy atom. The quantitative estimate of drug-likeness (QED) is 0.716. The molecule has 2 heteroatoms. The molecule has 1 nitrogen and oxygen atoms in total. The summed E-state index contributed by atoms with van der Waals surface area (Å²) in [6.45, 7) is 5.91. The third-order valence-corrected chi connectivity index (χ3v) is 2.38. The summed E-state index contributed by atoms with van der Waals surface area (Å²) in [7, 11) is 0. The second-order valence-corrected chi connectivity index (χ2v) is 3.60. The maximum absolute atomic E-state index is 8.65. The van der Waals surface area contributed by atoms with E-state index in [0.29, 0.717) is 5.56 Å². The molecule has 1 radical (unpaired) electrons. The van der Waals surface area contributed by atoms with Gasteiger partial charge in [0, 0.05) is 4.47 Å². The topological polar surface area (TPSA) is 23.8 Å². The number of hydrogen-bond donors (Lipinski definition) is 0. The minimum atomic E-state index is 0.202. The first-order chi connectivity index (χ1) is 5.65. The summed E-state index contributed by atoms with van der Waals surface area (Å²) in [5.41, 5.74) is 1.76. The van der Waals surface area contributed by atoms with E-state index < -0.39 is 0 Å². The Labute approximate surface area is 81.2 Å². The van der Waals surface area contributed by atoms with E-state index in [1.807, 2.05) is 19.1 Å². The molecule has 0 saturated carbocycles. The van der Waals surface area contributed by atoms with Gasteiger partial charge < -0.3 is 0 Å². The van der Waals surface area contributed by atoms with Crippen molar-refractivity contribution in [2.24, 2.45) is 0 Å². The zero-order chi connectivity index (χ0) is 9.14. The predicted molar refractivity (Wildman–Crippen MR) is 52.6 cm³/mol. The van der Waals surface area contributed by atoms with Crippen molar-refractivity contribution in [3.63, 3.8) is 0 Å². The minimum absolute atomic E-state index is 0.202. The van der Waals surface area contributed by atoms with E-state index in [-0.39, 0.29) is 5.92 Å². The van der Waals surface area contributed by atoms with Crippen molar-refractivity contribution in [2.75, 3.05) is 0 Å². The monoisotopic (exact) mass is 222 g/mol. The summed E-state index contributed by atoms with van der Waals surface area (Å²) in [5.74, 6) is 0.202. The van der Waals surface area contributed by atoms with E-state index in [0.717, 1.165) is 10.0 Å². The van der Waals surface area contributed by atoms with Gasteiger partial charge in [-0.1, -0.05) is 22.9 Å². The van der Waals surface area contributed by atoms with Gasteiger partial charge in [0.15, 0.2) is 0 Å². The molecule has 0 aliphatic rings. The molecular formula is C10H9BrN. The summed E-state index contributed by atoms with van der Waals surface area (Å²) in [4.78, 5) is 0. The first kappa shape index (κ1) is 9.28. The molecular weight excluding hydrogens is 214 g/mol. The Morgan fingerprint density at radius 3 is 2.75 bits per heavy atom. The molecule has 0 saturated heterocycles. The van der Waals surface area contributed by atoms with Gasteiger partial charge in [-0.2, -0.15) is 5.26 Å². The Bertz CT molecular complexity index is 323. The number of nitriles is 1. The van der Waals surface area contributed by atoms with Crippen LogP contribution in [-0.2, 0) is 0 Å². The SMILES string of the molecule is [CH2]C(C)c1cc(C#N)ccc1Br. The van der Waals surface area contributed by atoms with Crippen molar-refractivity contribution in [1.82, 2.24) is 0 Å². The Morgan fingerprint density at radius 1 is 1.58 bits per heavy atom. The second kappa shape index (κ2) is 3.73. The minimum Gasteiger partial charge on any atom is -0.192 e. The van der Waals surface area contributed by atoms with Crippen LogP contribution in [0.2, 0.25) is 0 Å². The van der Waals surface area contributed by atoms with Crippen LogP contribution >= 0.6 is 15.9 Å². The lowest BCUT2D eigenvalue weighted by atomic mass is 10.0. The number of rotatable bonds is 1. The van der Waals surface area contributed by atoms with Gasteiger partial charge >= 0.3 is 0 Å². The number of benzene rings is 1. The molecule has 0 amide bonds. The lowest BCUT2D eigenvalue weighted by Gasteiger charge is -2.07. The summed E-state index contributed by atoms with van der Waals surface area (Å²) in [5, 5.41) is 8.65. The number of halogens is 1. The third kappa shape index (κ3) is 1.86. The van der Waals surface area contributed by atoms with Crippen LogP contribution in [0, 0.1) is 18.3 Å². The van der Waals surface area contributed by atoms with Gasteiger partial charge in [0.05, 0.1) is 11.6 Å². The highest BCUT2D eigenvalue weighted by molar-refractivity contribution is 9.10. The molecule has 0 N–H and O–H groups in total. The first-order valence-electron chi connectivity index (χ1n) is 3.67. The molecule has 0 bridgehead atoms. The average molecular weight is 223 g/mol. The molecule has 1 unspecified atom stereocenters. The van der Waals surface area contributed by atoms with Crippen LogP contribution < -0.4 is 0 Å². The normalized spacial score (nSPS) is 9.92. The van der Waals surface area contributed by atoms with Crippen LogP contribution in [0.4, 0.5) is 0 Å². The molecule has 0 aliphatic carbocycles. The molecule has 61 valence electrons. The smallest absolute Gasteiger partial charge is 0.0991 e. The lowest BCUT2D eigenvalue weighted by Crippen LogP contribution is -1.90. The van der Waals surface area contributed by atoms with Crippen molar-refractivity contribution in [2.45, 2.75) is 12.8 Å². The van der Waals surface area contributed by atoms with Crippen LogP contribution in [0.15, 0.2) is 22.7 Å². The van der Waals surface area contributed by atoms with Gasteiger partial charge in [-0.15, -0.1) is 0 Å². The van der Waals surface area contributed by atoms with Crippen molar-refractivity contribution in [1.29, 1.82) is 5.26 Å². The highest BCUT2D eigenvalue weighted by atomic mass is 79.9. The lowest BCUT2D eigenvalue weighted by molar-refractivity contribution is 0.955. The summed E-state index contributed by atoms with van der Waals surface area (Å²) in [6.07, 6.45) is 0. The van der Waals surface area contributed by atoms with E-state index in [9.17, 15) is 0 Å². The summed E-state index contributed by atoms with van der Waals surface area (Å²) < 4.78 is 1.02. The van der Waals surface area contributed by atoms with E-state index in [4.69, 9.17) is 5.26 Å². The van der Waals surface area contributed by atoms with E-state index in [1.54, 1.807) is 6.07 Å².